The molecule has 2 rings (SSSR count). The Balaban J connectivity index is 2.40. The van der Waals surface area contributed by atoms with Gasteiger partial charge in [-0.05, 0) is 38.0 Å². The van der Waals surface area contributed by atoms with Gasteiger partial charge < -0.3 is 14.2 Å². The van der Waals surface area contributed by atoms with E-state index in [1.807, 2.05) is 6.92 Å². The average Bonchev–Trinajstić information content (AvgIpc) is 2.54. The molecular weight excluding hydrogens is 268 g/mol. The number of rotatable bonds is 6. The van der Waals surface area contributed by atoms with Crippen molar-refractivity contribution in [1.82, 2.24) is 0 Å². The predicted molar refractivity (Wildman–Crippen MR) is 81.3 cm³/mol. The quantitative estimate of drug-likeness (QED) is 0.751. The molecule has 1 aliphatic rings. The molecule has 0 bridgehead atoms. The van der Waals surface area contributed by atoms with E-state index in [0.29, 0.717) is 23.7 Å². The Morgan fingerprint density at radius 3 is 2.43 bits per heavy atom. The highest BCUT2D eigenvalue weighted by Gasteiger charge is 2.41. The van der Waals surface area contributed by atoms with Crippen molar-refractivity contribution < 1.29 is 19.0 Å². The van der Waals surface area contributed by atoms with Crippen molar-refractivity contribution in [2.75, 3.05) is 20.8 Å². The minimum atomic E-state index is -0.702. The summed E-state index contributed by atoms with van der Waals surface area (Å²) < 4.78 is 16.5. The second-order valence-electron chi connectivity index (χ2n) is 5.38. The molecule has 1 aromatic rings. The van der Waals surface area contributed by atoms with E-state index in [0.717, 1.165) is 32.1 Å². The van der Waals surface area contributed by atoms with E-state index in [2.05, 4.69) is 0 Å². The second-order valence-corrected chi connectivity index (χ2v) is 5.38. The number of benzene rings is 1. The number of Topliss-reactive ketones (excluding diaryl/α,β-unsaturated/α-hetero) is 1. The molecule has 1 aliphatic carbocycles. The van der Waals surface area contributed by atoms with Gasteiger partial charge in [-0.1, -0.05) is 19.3 Å². The largest absolute Gasteiger partial charge is 0.497 e. The van der Waals surface area contributed by atoms with Crippen LogP contribution < -0.4 is 9.47 Å². The molecule has 1 fully saturated rings. The first-order valence-corrected chi connectivity index (χ1v) is 7.57. The maximum Gasteiger partial charge on any atom is 0.198 e. The van der Waals surface area contributed by atoms with Crippen LogP contribution in [0, 0.1) is 0 Å². The molecular formula is C17H24O4. The number of hydrogen-bond acceptors (Lipinski definition) is 4. The number of carbonyl (C=O) groups excluding carboxylic acids is 1. The number of ketones is 1. The minimum absolute atomic E-state index is 0.0137. The average molecular weight is 292 g/mol. The Morgan fingerprint density at radius 1 is 1.14 bits per heavy atom. The second kappa shape index (κ2) is 6.94. The lowest BCUT2D eigenvalue weighted by atomic mass is 9.79. The van der Waals surface area contributed by atoms with E-state index in [1.54, 1.807) is 32.4 Å². The maximum absolute atomic E-state index is 13.1. The van der Waals surface area contributed by atoms with Gasteiger partial charge in [0.2, 0.25) is 0 Å². The van der Waals surface area contributed by atoms with Gasteiger partial charge in [-0.3, -0.25) is 4.79 Å². The van der Waals surface area contributed by atoms with Crippen molar-refractivity contribution >= 4 is 5.78 Å². The fourth-order valence-corrected chi connectivity index (χ4v) is 3.07. The number of hydrogen-bond donors (Lipinski definition) is 0. The SMILES string of the molecule is CCOC1(C(=O)c2cc(OC)ccc2OC)CCCCC1. The molecule has 0 saturated heterocycles. The van der Waals surface area contributed by atoms with Crippen LogP contribution >= 0.6 is 0 Å². The predicted octanol–water partition coefficient (Wildman–Crippen LogP) is 3.63. The van der Waals surface area contributed by atoms with Gasteiger partial charge in [-0.2, -0.15) is 0 Å². The smallest absolute Gasteiger partial charge is 0.198 e. The van der Waals surface area contributed by atoms with Gasteiger partial charge in [0.05, 0.1) is 19.8 Å². The van der Waals surface area contributed by atoms with Gasteiger partial charge in [0.25, 0.3) is 0 Å². The Morgan fingerprint density at radius 2 is 1.86 bits per heavy atom. The fourth-order valence-electron chi connectivity index (χ4n) is 3.07. The summed E-state index contributed by atoms with van der Waals surface area (Å²) in [5, 5.41) is 0. The highest BCUT2D eigenvalue weighted by atomic mass is 16.5. The first-order chi connectivity index (χ1) is 10.2. The van der Waals surface area contributed by atoms with E-state index in [4.69, 9.17) is 14.2 Å². The van der Waals surface area contributed by atoms with Crippen molar-refractivity contribution in [2.45, 2.75) is 44.6 Å². The molecule has 1 aromatic carbocycles. The normalized spacial score (nSPS) is 17.3. The van der Waals surface area contributed by atoms with E-state index >= 15 is 0 Å². The van der Waals surface area contributed by atoms with Crippen LogP contribution in [-0.2, 0) is 4.74 Å². The highest BCUT2D eigenvalue weighted by Crippen LogP contribution is 2.37. The molecule has 21 heavy (non-hydrogen) atoms. The molecule has 0 spiro atoms. The monoisotopic (exact) mass is 292 g/mol. The van der Waals surface area contributed by atoms with Gasteiger partial charge in [0.1, 0.15) is 17.1 Å². The molecule has 0 unspecified atom stereocenters. The molecule has 1 saturated carbocycles. The standard InChI is InChI=1S/C17H24O4/c1-4-21-17(10-6-5-7-11-17)16(18)14-12-13(19-2)8-9-15(14)20-3/h8-9,12H,4-7,10-11H2,1-3H3. The Bertz CT molecular complexity index is 484. The van der Waals surface area contributed by atoms with Crippen LogP contribution in [0.2, 0.25) is 0 Å². The van der Waals surface area contributed by atoms with Crippen LogP contribution in [0.4, 0.5) is 0 Å². The molecule has 0 amide bonds. The molecule has 0 N–H and O–H groups in total. The zero-order chi connectivity index (χ0) is 15.3. The number of methoxy groups -OCH3 is 2. The molecule has 4 heteroatoms. The van der Waals surface area contributed by atoms with Gasteiger partial charge in [0.15, 0.2) is 5.78 Å². The number of ether oxygens (including phenoxy) is 3. The Labute approximate surface area is 126 Å². The van der Waals surface area contributed by atoms with Crippen LogP contribution in [-0.4, -0.2) is 32.2 Å². The topological polar surface area (TPSA) is 44.8 Å². The van der Waals surface area contributed by atoms with Crippen LogP contribution in [0.5, 0.6) is 11.5 Å². The Kier molecular flexibility index (Phi) is 5.23. The fraction of sp³-hybridized carbons (Fsp3) is 0.588. The lowest BCUT2D eigenvalue weighted by Crippen LogP contribution is -2.43. The van der Waals surface area contributed by atoms with E-state index in [9.17, 15) is 4.79 Å². The minimum Gasteiger partial charge on any atom is -0.497 e. The van der Waals surface area contributed by atoms with Crippen LogP contribution in [0.25, 0.3) is 0 Å². The summed E-state index contributed by atoms with van der Waals surface area (Å²) in [4.78, 5) is 13.1. The van der Waals surface area contributed by atoms with Crippen molar-refractivity contribution in [1.29, 1.82) is 0 Å². The lowest BCUT2D eigenvalue weighted by Gasteiger charge is -2.35. The number of carbonyl (C=O) groups is 1. The summed E-state index contributed by atoms with van der Waals surface area (Å²) in [6, 6.07) is 5.31. The Hall–Kier alpha value is -1.55. The first kappa shape index (κ1) is 15.8. The lowest BCUT2D eigenvalue weighted by molar-refractivity contribution is -0.0412. The van der Waals surface area contributed by atoms with Crippen LogP contribution in [0.15, 0.2) is 18.2 Å². The third kappa shape index (κ3) is 3.21. The molecule has 0 aliphatic heterocycles. The maximum atomic E-state index is 13.1. The molecule has 0 aromatic heterocycles. The van der Waals surface area contributed by atoms with E-state index in [1.165, 1.54) is 0 Å². The molecule has 0 atom stereocenters. The molecule has 4 nitrogen and oxygen atoms in total. The third-order valence-electron chi connectivity index (χ3n) is 4.15. The van der Waals surface area contributed by atoms with Crippen molar-refractivity contribution in [3.8, 4) is 11.5 Å². The third-order valence-corrected chi connectivity index (χ3v) is 4.15. The van der Waals surface area contributed by atoms with Crippen molar-refractivity contribution in [3.63, 3.8) is 0 Å². The van der Waals surface area contributed by atoms with Crippen molar-refractivity contribution in [2.24, 2.45) is 0 Å². The molecule has 0 radical (unpaired) electrons. The van der Waals surface area contributed by atoms with Gasteiger partial charge in [-0.15, -0.1) is 0 Å². The summed E-state index contributed by atoms with van der Waals surface area (Å²) in [6.07, 6.45) is 4.77. The summed E-state index contributed by atoms with van der Waals surface area (Å²) in [5.74, 6) is 1.24. The van der Waals surface area contributed by atoms with E-state index < -0.39 is 5.60 Å². The van der Waals surface area contributed by atoms with Gasteiger partial charge in [-0.25, -0.2) is 0 Å². The summed E-state index contributed by atoms with van der Waals surface area (Å²) in [6.45, 7) is 2.48. The molecule has 116 valence electrons. The van der Waals surface area contributed by atoms with E-state index in [-0.39, 0.29) is 5.78 Å². The summed E-state index contributed by atoms with van der Waals surface area (Å²) in [5.41, 5.74) is -0.153. The van der Waals surface area contributed by atoms with Gasteiger partial charge >= 0.3 is 0 Å². The van der Waals surface area contributed by atoms with Gasteiger partial charge in [0, 0.05) is 6.61 Å². The first-order valence-electron chi connectivity index (χ1n) is 7.57. The zero-order valence-corrected chi connectivity index (χ0v) is 13.1. The van der Waals surface area contributed by atoms with Crippen molar-refractivity contribution in [3.05, 3.63) is 23.8 Å². The van der Waals surface area contributed by atoms with Crippen LogP contribution in [0.1, 0.15) is 49.4 Å². The zero-order valence-electron chi connectivity index (χ0n) is 13.1. The summed E-state index contributed by atoms with van der Waals surface area (Å²) in [7, 11) is 3.17. The van der Waals surface area contributed by atoms with Crippen LogP contribution in [0.3, 0.4) is 0 Å². The summed E-state index contributed by atoms with van der Waals surface area (Å²) >= 11 is 0. The highest BCUT2D eigenvalue weighted by molar-refractivity contribution is 6.05. The molecule has 0 heterocycles.